The highest BCUT2D eigenvalue weighted by Crippen LogP contribution is 2.72. The van der Waals surface area contributed by atoms with Crippen LogP contribution in [0, 0.1) is 46.3 Å². The molecule has 1 aromatic rings. The molecule has 0 bridgehead atoms. The number of benzene rings is 1. The molecule has 42 heavy (non-hydrogen) atoms. The Balaban J connectivity index is 1.27. The molecule has 0 amide bonds. The molecule has 0 aromatic heterocycles. The van der Waals surface area contributed by atoms with Crippen molar-refractivity contribution in [3.8, 4) is 0 Å². The number of para-hydroxylation sites is 1. The van der Waals surface area contributed by atoms with Crippen molar-refractivity contribution in [1.29, 1.82) is 0 Å². The zero-order chi connectivity index (χ0) is 29.7. The summed E-state index contributed by atoms with van der Waals surface area (Å²) in [4.78, 5) is 0. The quantitative estimate of drug-likeness (QED) is 0.187. The molecule has 1 heterocycles. The fraction of sp³-hybridized carbons (Fsp3) is 0.806. The van der Waals surface area contributed by atoms with Gasteiger partial charge >= 0.3 is 0 Å². The molecule has 0 spiro atoms. The van der Waals surface area contributed by atoms with E-state index in [0.717, 1.165) is 43.2 Å². The molecular weight excluding hydrogens is 584 g/mol. The number of hydrogen-bond donors (Lipinski definition) is 3. The lowest BCUT2D eigenvalue weighted by Gasteiger charge is -2.67. The number of hydrogen-bond acceptors (Lipinski definition) is 5. The SMILES string of the molecule is CCCCCCCCC1CCC2C3CC(C4C(N)=NN(c5ccccc5)C4N)C4(Br)CC(O)CCC4(C)C3CCC12C. The van der Waals surface area contributed by atoms with Crippen LogP contribution in [0.2, 0.25) is 0 Å². The van der Waals surface area contributed by atoms with Crippen LogP contribution in [0.25, 0.3) is 0 Å². The molecule has 0 saturated heterocycles. The summed E-state index contributed by atoms with van der Waals surface area (Å²) in [5.74, 6) is 3.91. The summed E-state index contributed by atoms with van der Waals surface area (Å²) in [5, 5.41) is 17.9. The molecule has 4 fully saturated rings. The number of unbranched alkanes of at least 4 members (excludes halogenated alkanes) is 5. The number of nitrogens with zero attached hydrogens (tertiary/aromatic N) is 2. The molecule has 5 nitrogen and oxygen atoms in total. The van der Waals surface area contributed by atoms with Gasteiger partial charge in [0, 0.05) is 4.32 Å². The smallest absolute Gasteiger partial charge is 0.127 e. The van der Waals surface area contributed by atoms with Crippen molar-refractivity contribution in [2.24, 2.45) is 62.9 Å². The van der Waals surface area contributed by atoms with Gasteiger partial charge in [-0.1, -0.05) is 93.4 Å². The van der Waals surface area contributed by atoms with Crippen LogP contribution >= 0.6 is 15.9 Å². The number of halogens is 1. The third kappa shape index (κ3) is 4.98. The van der Waals surface area contributed by atoms with Crippen molar-refractivity contribution in [1.82, 2.24) is 0 Å². The van der Waals surface area contributed by atoms with E-state index in [1.807, 2.05) is 23.2 Å². The minimum Gasteiger partial charge on any atom is -0.393 e. The monoisotopic (exact) mass is 640 g/mol. The maximum absolute atomic E-state index is 11.1. The van der Waals surface area contributed by atoms with Crippen LogP contribution in [0.5, 0.6) is 0 Å². The molecule has 5 N–H and O–H groups in total. The van der Waals surface area contributed by atoms with E-state index in [9.17, 15) is 5.11 Å². The highest BCUT2D eigenvalue weighted by atomic mass is 79.9. The van der Waals surface area contributed by atoms with Crippen molar-refractivity contribution in [3.05, 3.63) is 30.3 Å². The van der Waals surface area contributed by atoms with E-state index in [1.54, 1.807) is 0 Å². The molecule has 5 aliphatic rings. The van der Waals surface area contributed by atoms with Crippen LogP contribution in [-0.2, 0) is 0 Å². The van der Waals surface area contributed by atoms with Crippen molar-refractivity contribution in [2.45, 2.75) is 134 Å². The molecule has 4 saturated carbocycles. The predicted molar refractivity (Wildman–Crippen MR) is 178 cm³/mol. The number of aliphatic hydroxyl groups is 1. The lowest BCUT2D eigenvalue weighted by molar-refractivity contribution is -0.138. The third-order valence-electron chi connectivity index (χ3n) is 13.6. The zero-order valence-corrected chi connectivity index (χ0v) is 28.1. The molecule has 6 rings (SSSR count). The van der Waals surface area contributed by atoms with E-state index >= 15 is 0 Å². The number of nitrogens with two attached hydrogens (primary N) is 2. The Labute approximate surface area is 263 Å². The van der Waals surface area contributed by atoms with E-state index in [2.05, 4.69) is 48.8 Å². The maximum Gasteiger partial charge on any atom is 0.127 e. The average Bonchev–Trinajstić information content (AvgIpc) is 3.46. The summed E-state index contributed by atoms with van der Waals surface area (Å²) in [6.45, 7) is 7.54. The Hall–Kier alpha value is -1.11. The van der Waals surface area contributed by atoms with Crippen LogP contribution in [0.3, 0.4) is 0 Å². The normalized spacial score (nSPS) is 44.8. The Morgan fingerprint density at radius 2 is 1.69 bits per heavy atom. The molecule has 0 radical (unpaired) electrons. The van der Waals surface area contributed by atoms with Gasteiger partial charge in [0.25, 0.3) is 0 Å². The van der Waals surface area contributed by atoms with Gasteiger partial charge in [0.2, 0.25) is 0 Å². The number of alkyl halides is 1. The Kier molecular flexibility index (Phi) is 8.83. The van der Waals surface area contributed by atoms with Crippen LogP contribution in [0.15, 0.2) is 35.4 Å². The number of aliphatic hydroxyl groups excluding tert-OH is 1. The molecular formula is C36H57BrN4O. The number of anilines is 1. The van der Waals surface area contributed by atoms with Gasteiger partial charge in [-0.05, 0) is 110 Å². The number of rotatable bonds is 9. The van der Waals surface area contributed by atoms with Crippen molar-refractivity contribution in [2.75, 3.05) is 5.01 Å². The lowest BCUT2D eigenvalue weighted by Crippen LogP contribution is -2.67. The summed E-state index contributed by atoms with van der Waals surface area (Å²) in [6, 6.07) is 10.3. The maximum atomic E-state index is 11.1. The van der Waals surface area contributed by atoms with Gasteiger partial charge < -0.3 is 16.6 Å². The van der Waals surface area contributed by atoms with Gasteiger partial charge in [0.1, 0.15) is 12.0 Å². The van der Waals surface area contributed by atoms with Crippen LogP contribution in [0.1, 0.15) is 117 Å². The highest BCUT2D eigenvalue weighted by molar-refractivity contribution is 9.10. The first kappa shape index (κ1) is 30.9. The second kappa shape index (κ2) is 12.0. The average molecular weight is 642 g/mol. The number of amidine groups is 1. The van der Waals surface area contributed by atoms with Crippen LogP contribution in [-0.4, -0.2) is 27.5 Å². The molecule has 11 unspecified atom stereocenters. The van der Waals surface area contributed by atoms with Crippen LogP contribution < -0.4 is 16.5 Å². The molecule has 1 aromatic carbocycles. The first-order valence-electron chi connectivity index (χ1n) is 17.4. The second-order valence-electron chi connectivity index (χ2n) is 15.5. The molecule has 234 valence electrons. The Bertz CT molecular complexity index is 1110. The summed E-state index contributed by atoms with van der Waals surface area (Å²) in [5.41, 5.74) is 15.5. The minimum absolute atomic E-state index is 0.0383. The molecule has 6 heteroatoms. The topological polar surface area (TPSA) is 87.9 Å². The van der Waals surface area contributed by atoms with Gasteiger partial charge in [0.15, 0.2) is 0 Å². The van der Waals surface area contributed by atoms with Gasteiger partial charge in [-0.2, -0.15) is 5.10 Å². The number of hydrazone groups is 1. The number of fused-ring (bicyclic) bond motifs is 5. The van der Waals surface area contributed by atoms with E-state index in [1.165, 1.54) is 70.6 Å². The first-order valence-corrected chi connectivity index (χ1v) is 18.2. The van der Waals surface area contributed by atoms with Gasteiger partial charge in [0.05, 0.1) is 17.7 Å². The van der Waals surface area contributed by atoms with Gasteiger partial charge in [-0.3, -0.25) is 0 Å². The first-order chi connectivity index (χ1) is 20.1. The Morgan fingerprint density at radius 3 is 2.45 bits per heavy atom. The van der Waals surface area contributed by atoms with E-state index < -0.39 is 0 Å². The summed E-state index contributed by atoms with van der Waals surface area (Å²) in [6.07, 6.45) is 18.6. The predicted octanol–water partition coefficient (Wildman–Crippen LogP) is 8.19. The lowest BCUT2D eigenvalue weighted by atomic mass is 9.41. The molecule has 1 aliphatic heterocycles. The molecule has 4 aliphatic carbocycles. The van der Waals surface area contributed by atoms with E-state index in [4.69, 9.17) is 16.6 Å². The minimum atomic E-state index is -0.300. The largest absolute Gasteiger partial charge is 0.393 e. The van der Waals surface area contributed by atoms with E-state index in [-0.39, 0.29) is 33.8 Å². The Morgan fingerprint density at radius 1 is 0.952 bits per heavy atom. The van der Waals surface area contributed by atoms with Crippen molar-refractivity contribution < 1.29 is 5.11 Å². The third-order valence-corrected chi connectivity index (χ3v) is 15.4. The van der Waals surface area contributed by atoms with Crippen molar-refractivity contribution >= 4 is 27.5 Å². The van der Waals surface area contributed by atoms with Gasteiger partial charge in [-0.15, -0.1) is 0 Å². The summed E-state index contributed by atoms with van der Waals surface area (Å²) >= 11 is 4.45. The molecule has 11 atom stereocenters. The van der Waals surface area contributed by atoms with E-state index in [0.29, 0.717) is 23.1 Å². The standard InChI is InChI=1S/C36H57BrN4O/c1-4-5-6-7-8-10-13-24-16-17-28-27-22-30(31-32(38)40-41(33(31)39)25-14-11-9-12-15-25)36(37)23-26(42)18-21-35(36,3)29(27)19-20-34(24,28)2/h9,11-12,14-15,24,26-31,33,42H,4-8,10,13,16-23,39H2,1-3H3,(H2,38,40). The van der Waals surface area contributed by atoms with Crippen molar-refractivity contribution in [3.63, 3.8) is 0 Å². The zero-order valence-electron chi connectivity index (χ0n) is 26.5. The summed E-state index contributed by atoms with van der Waals surface area (Å²) in [7, 11) is 0. The second-order valence-corrected chi connectivity index (χ2v) is 16.9. The fourth-order valence-corrected chi connectivity index (χ4v) is 12.7. The summed E-state index contributed by atoms with van der Waals surface area (Å²) < 4.78 is -0.196. The fourth-order valence-electron chi connectivity index (χ4n) is 11.3. The highest BCUT2D eigenvalue weighted by Gasteiger charge is 2.68. The van der Waals surface area contributed by atoms with Gasteiger partial charge in [-0.25, -0.2) is 5.01 Å². The van der Waals surface area contributed by atoms with Crippen LogP contribution in [0.4, 0.5) is 5.69 Å².